The fraction of sp³-hybridized carbons (Fsp3) is 0.567. The predicted octanol–water partition coefficient (Wildman–Crippen LogP) is 3.48. The molecule has 4 rings (SSSR count). The van der Waals surface area contributed by atoms with Crippen molar-refractivity contribution in [3.05, 3.63) is 54.6 Å². The van der Waals surface area contributed by atoms with Crippen LogP contribution in [0.25, 0.3) is 0 Å². The summed E-state index contributed by atoms with van der Waals surface area (Å²) in [6, 6.07) is 5.07. The Labute approximate surface area is 225 Å². The minimum absolute atomic E-state index is 0.0479. The van der Waals surface area contributed by atoms with Crippen molar-refractivity contribution in [2.75, 3.05) is 31.2 Å². The van der Waals surface area contributed by atoms with Gasteiger partial charge in [0.1, 0.15) is 24.2 Å². The molecular formula is C30H40N2O6. The predicted molar refractivity (Wildman–Crippen MR) is 144 cm³/mol. The fourth-order valence-corrected chi connectivity index (χ4v) is 6.70. The molecule has 206 valence electrons. The monoisotopic (exact) mass is 524 g/mol. The SMILES string of the molecule is C=CCOC(=O)[C@H]1[C@H]2C(=O)N(CCCCCO)C(C(=O)N(CC=C)c3cc(C)ccc3C)C23CC[C@]1(C)O3. The van der Waals surface area contributed by atoms with Gasteiger partial charge >= 0.3 is 5.97 Å². The number of benzene rings is 1. The number of anilines is 1. The van der Waals surface area contributed by atoms with Crippen LogP contribution in [0.3, 0.4) is 0 Å². The Kier molecular flexibility index (Phi) is 8.14. The number of aliphatic hydroxyl groups excluding tert-OH is 1. The molecule has 1 N–H and O–H groups in total. The van der Waals surface area contributed by atoms with Gasteiger partial charge in [-0.05, 0) is 70.1 Å². The summed E-state index contributed by atoms with van der Waals surface area (Å²) in [6.07, 6.45) is 6.20. The maximum atomic E-state index is 14.6. The van der Waals surface area contributed by atoms with Crippen LogP contribution in [-0.4, -0.2) is 71.3 Å². The molecule has 1 aromatic rings. The molecule has 3 aliphatic heterocycles. The van der Waals surface area contributed by atoms with E-state index in [1.165, 1.54) is 6.08 Å². The Morgan fingerprint density at radius 2 is 1.97 bits per heavy atom. The first-order valence-corrected chi connectivity index (χ1v) is 13.5. The number of carbonyl (C=O) groups is 3. The Morgan fingerprint density at radius 1 is 1.21 bits per heavy atom. The first-order valence-electron chi connectivity index (χ1n) is 13.5. The number of hydrogen-bond acceptors (Lipinski definition) is 6. The van der Waals surface area contributed by atoms with E-state index in [1.54, 1.807) is 15.9 Å². The van der Waals surface area contributed by atoms with E-state index in [1.807, 2.05) is 39.0 Å². The zero-order valence-corrected chi connectivity index (χ0v) is 22.8. The van der Waals surface area contributed by atoms with Crippen molar-refractivity contribution in [1.82, 2.24) is 4.90 Å². The van der Waals surface area contributed by atoms with Crippen molar-refractivity contribution in [2.24, 2.45) is 11.8 Å². The lowest BCUT2D eigenvalue weighted by molar-refractivity contribution is -0.158. The van der Waals surface area contributed by atoms with Gasteiger partial charge in [0.05, 0.1) is 11.5 Å². The van der Waals surface area contributed by atoms with E-state index in [-0.39, 0.29) is 31.6 Å². The highest BCUT2D eigenvalue weighted by Crippen LogP contribution is 2.63. The molecule has 3 aliphatic rings. The van der Waals surface area contributed by atoms with Crippen LogP contribution in [0.15, 0.2) is 43.5 Å². The van der Waals surface area contributed by atoms with E-state index < -0.39 is 35.0 Å². The number of hydrogen-bond donors (Lipinski definition) is 1. The molecule has 1 spiro atoms. The smallest absolute Gasteiger partial charge is 0.313 e. The first kappa shape index (κ1) is 28.0. The molecule has 2 bridgehead atoms. The van der Waals surface area contributed by atoms with Crippen molar-refractivity contribution < 1.29 is 29.0 Å². The molecule has 5 atom stereocenters. The van der Waals surface area contributed by atoms with Gasteiger partial charge in [0.15, 0.2) is 0 Å². The van der Waals surface area contributed by atoms with Crippen LogP contribution in [-0.2, 0) is 23.9 Å². The molecule has 2 unspecified atom stereocenters. The molecule has 0 saturated carbocycles. The highest BCUT2D eigenvalue weighted by Gasteiger charge is 2.78. The quantitative estimate of drug-likeness (QED) is 0.256. The molecule has 0 aromatic heterocycles. The lowest BCUT2D eigenvalue weighted by atomic mass is 9.66. The average molecular weight is 525 g/mol. The molecule has 2 amide bonds. The van der Waals surface area contributed by atoms with E-state index in [4.69, 9.17) is 9.47 Å². The maximum Gasteiger partial charge on any atom is 0.313 e. The van der Waals surface area contributed by atoms with Gasteiger partial charge in [-0.2, -0.15) is 0 Å². The molecule has 1 aromatic carbocycles. The van der Waals surface area contributed by atoms with Crippen LogP contribution in [0.4, 0.5) is 5.69 Å². The summed E-state index contributed by atoms with van der Waals surface area (Å²) in [5.41, 5.74) is 0.719. The summed E-state index contributed by atoms with van der Waals surface area (Å²) in [5, 5.41) is 9.24. The van der Waals surface area contributed by atoms with Gasteiger partial charge < -0.3 is 24.4 Å². The molecule has 0 radical (unpaired) electrons. The standard InChI is InChI=1S/C30H40N2O6/c1-6-15-31(22-19-20(3)11-12-21(22)4)27(35)25-30-14-13-29(5,38-30)24(28(36)37-18-7-2)23(30)26(34)32(25)16-9-8-10-17-33/h6-7,11-12,19,23-25,33H,1-2,8-10,13-18H2,3-5H3/t23-,24+,25?,29-,30?/m0/s1. The number of unbranched alkanes of at least 4 members (excludes halogenated alkanes) is 2. The van der Waals surface area contributed by atoms with Crippen molar-refractivity contribution >= 4 is 23.5 Å². The number of amides is 2. The van der Waals surface area contributed by atoms with Crippen molar-refractivity contribution in [3.8, 4) is 0 Å². The van der Waals surface area contributed by atoms with Crippen LogP contribution < -0.4 is 4.90 Å². The Bertz CT molecular complexity index is 1120. The van der Waals surface area contributed by atoms with Crippen molar-refractivity contribution in [1.29, 1.82) is 0 Å². The summed E-state index contributed by atoms with van der Waals surface area (Å²) in [7, 11) is 0. The zero-order valence-electron chi connectivity index (χ0n) is 22.8. The number of esters is 1. The van der Waals surface area contributed by atoms with E-state index in [2.05, 4.69) is 13.2 Å². The highest BCUT2D eigenvalue weighted by molar-refractivity contribution is 6.05. The number of carbonyl (C=O) groups excluding carboxylic acids is 3. The van der Waals surface area contributed by atoms with Crippen LogP contribution in [0, 0.1) is 25.7 Å². The van der Waals surface area contributed by atoms with E-state index in [0.717, 1.165) is 23.2 Å². The average Bonchev–Trinajstić information content (AvgIpc) is 3.45. The van der Waals surface area contributed by atoms with Crippen molar-refractivity contribution in [2.45, 2.75) is 70.1 Å². The van der Waals surface area contributed by atoms with Gasteiger partial charge in [0, 0.05) is 25.4 Å². The maximum absolute atomic E-state index is 14.6. The summed E-state index contributed by atoms with van der Waals surface area (Å²) in [4.78, 5) is 45.2. The summed E-state index contributed by atoms with van der Waals surface area (Å²) < 4.78 is 12.1. The molecule has 3 saturated heterocycles. The van der Waals surface area contributed by atoms with E-state index in [9.17, 15) is 19.5 Å². The van der Waals surface area contributed by atoms with Gasteiger partial charge in [-0.25, -0.2) is 0 Å². The fourth-order valence-electron chi connectivity index (χ4n) is 6.70. The first-order chi connectivity index (χ1) is 18.1. The van der Waals surface area contributed by atoms with Crippen LogP contribution in [0.5, 0.6) is 0 Å². The Hall–Kier alpha value is -2.97. The third-order valence-electron chi connectivity index (χ3n) is 8.40. The van der Waals surface area contributed by atoms with Gasteiger partial charge in [-0.1, -0.05) is 30.9 Å². The van der Waals surface area contributed by atoms with Gasteiger partial charge in [0.2, 0.25) is 5.91 Å². The minimum Gasteiger partial charge on any atom is -0.461 e. The number of fused-ring (bicyclic) bond motifs is 1. The second-order valence-corrected chi connectivity index (χ2v) is 11.0. The number of likely N-dealkylation sites (tertiary alicyclic amines) is 1. The van der Waals surface area contributed by atoms with Crippen LogP contribution >= 0.6 is 0 Å². The lowest BCUT2D eigenvalue weighted by Gasteiger charge is -2.37. The molecule has 0 aliphatic carbocycles. The molecule has 8 heteroatoms. The third kappa shape index (κ3) is 4.58. The largest absolute Gasteiger partial charge is 0.461 e. The molecule has 8 nitrogen and oxygen atoms in total. The number of ether oxygens (including phenoxy) is 2. The summed E-state index contributed by atoms with van der Waals surface area (Å²) in [5.74, 6) is -2.56. The van der Waals surface area contributed by atoms with Crippen molar-refractivity contribution in [3.63, 3.8) is 0 Å². The van der Waals surface area contributed by atoms with E-state index in [0.29, 0.717) is 32.2 Å². The number of rotatable bonds is 12. The topological polar surface area (TPSA) is 96.4 Å². The number of aliphatic hydroxyl groups is 1. The molecule has 3 heterocycles. The van der Waals surface area contributed by atoms with Crippen LogP contribution in [0.1, 0.15) is 50.2 Å². The Morgan fingerprint density at radius 3 is 2.66 bits per heavy atom. The van der Waals surface area contributed by atoms with Crippen LogP contribution in [0.2, 0.25) is 0 Å². The third-order valence-corrected chi connectivity index (χ3v) is 8.40. The zero-order chi connectivity index (χ0) is 27.7. The van der Waals surface area contributed by atoms with Gasteiger partial charge in [0.25, 0.3) is 5.91 Å². The lowest BCUT2D eigenvalue weighted by Crippen LogP contribution is -2.56. The summed E-state index contributed by atoms with van der Waals surface area (Å²) in [6.45, 7) is 14.0. The van der Waals surface area contributed by atoms with Gasteiger partial charge in [-0.3, -0.25) is 14.4 Å². The molecule has 3 fully saturated rings. The second kappa shape index (κ2) is 11.0. The molecular weight excluding hydrogens is 484 g/mol. The van der Waals surface area contributed by atoms with Gasteiger partial charge in [-0.15, -0.1) is 6.58 Å². The molecule has 38 heavy (non-hydrogen) atoms. The summed E-state index contributed by atoms with van der Waals surface area (Å²) >= 11 is 0. The van der Waals surface area contributed by atoms with E-state index >= 15 is 0 Å². The second-order valence-electron chi connectivity index (χ2n) is 11.0. The highest BCUT2D eigenvalue weighted by atomic mass is 16.6. The number of nitrogens with zero attached hydrogens (tertiary/aromatic N) is 2. The number of aryl methyl sites for hydroxylation is 2. The minimum atomic E-state index is -1.12. The Balaban J connectivity index is 1.78. The normalized spacial score (nSPS) is 29.3.